The summed E-state index contributed by atoms with van der Waals surface area (Å²) in [4.78, 5) is 17.9. The van der Waals surface area contributed by atoms with Crippen LogP contribution in [0.4, 0.5) is 0 Å². The third-order valence-electron chi connectivity index (χ3n) is 5.28. The van der Waals surface area contributed by atoms with Crippen LogP contribution >= 0.6 is 11.3 Å². The molecule has 1 amide bonds. The van der Waals surface area contributed by atoms with Gasteiger partial charge in [0.25, 0.3) is 5.91 Å². The first-order valence-corrected chi connectivity index (χ1v) is 12.8. The highest BCUT2D eigenvalue weighted by atomic mass is 32.2. The van der Waals surface area contributed by atoms with Gasteiger partial charge in [0.2, 0.25) is 10.0 Å². The zero-order valence-electron chi connectivity index (χ0n) is 17.8. The normalized spacial score (nSPS) is 14.9. The van der Waals surface area contributed by atoms with E-state index in [2.05, 4.69) is 10.3 Å². The molecule has 0 radical (unpaired) electrons. The molecule has 1 saturated heterocycles. The third-order valence-corrected chi connectivity index (χ3v) is 8.32. The molecule has 9 heteroatoms. The van der Waals surface area contributed by atoms with Crippen LogP contribution in [0.2, 0.25) is 0 Å². The van der Waals surface area contributed by atoms with Crippen molar-refractivity contribution in [3.63, 3.8) is 0 Å². The first kappa shape index (κ1) is 22.6. The number of aryl methyl sites for hydroxylation is 1. The minimum atomic E-state index is -3.45. The molecular weight excluding hydrogens is 446 g/mol. The van der Waals surface area contributed by atoms with Gasteiger partial charge >= 0.3 is 0 Å². The molecule has 1 N–H and O–H groups in total. The van der Waals surface area contributed by atoms with Crippen molar-refractivity contribution < 1.29 is 17.9 Å². The SMILES string of the molecule is Cc1nc(-c2ccccc2)sc1C(=O)NCc1ccccc1CS(=O)(=O)N1CCOCC1. The van der Waals surface area contributed by atoms with Gasteiger partial charge in [-0.1, -0.05) is 54.6 Å². The minimum absolute atomic E-state index is 0.100. The molecule has 0 saturated carbocycles. The Morgan fingerprint density at radius 1 is 1.06 bits per heavy atom. The molecule has 2 heterocycles. The zero-order valence-corrected chi connectivity index (χ0v) is 19.4. The number of rotatable bonds is 7. The lowest BCUT2D eigenvalue weighted by molar-refractivity contribution is 0.0729. The number of hydrogen-bond acceptors (Lipinski definition) is 6. The molecule has 3 aromatic rings. The maximum Gasteiger partial charge on any atom is 0.263 e. The Kier molecular flexibility index (Phi) is 7.00. The van der Waals surface area contributed by atoms with Crippen molar-refractivity contribution in [2.24, 2.45) is 0 Å². The van der Waals surface area contributed by atoms with Crippen molar-refractivity contribution in [2.75, 3.05) is 26.3 Å². The number of hydrogen-bond donors (Lipinski definition) is 1. The second-order valence-corrected chi connectivity index (χ2v) is 10.5. The molecule has 0 atom stereocenters. The molecule has 1 aliphatic heterocycles. The van der Waals surface area contributed by atoms with Gasteiger partial charge in [-0.2, -0.15) is 4.31 Å². The molecule has 7 nitrogen and oxygen atoms in total. The van der Waals surface area contributed by atoms with Crippen LogP contribution in [0.25, 0.3) is 10.6 Å². The molecule has 0 bridgehead atoms. The number of carbonyl (C=O) groups is 1. The van der Waals surface area contributed by atoms with E-state index in [9.17, 15) is 13.2 Å². The molecule has 1 fully saturated rings. The number of ether oxygens (including phenoxy) is 1. The number of nitrogens with zero attached hydrogens (tertiary/aromatic N) is 2. The molecular formula is C23H25N3O4S2. The number of amides is 1. The average molecular weight is 472 g/mol. The van der Waals surface area contributed by atoms with Crippen LogP contribution in [0.15, 0.2) is 54.6 Å². The van der Waals surface area contributed by atoms with Crippen molar-refractivity contribution in [1.82, 2.24) is 14.6 Å². The van der Waals surface area contributed by atoms with Crippen LogP contribution in [0.5, 0.6) is 0 Å². The number of nitrogens with one attached hydrogen (secondary N) is 1. The Morgan fingerprint density at radius 2 is 1.72 bits per heavy atom. The fourth-order valence-electron chi connectivity index (χ4n) is 3.55. The number of thiazole rings is 1. The summed E-state index contributed by atoms with van der Waals surface area (Å²) in [6.45, 7) is 3.63. The molecule has 0 unspecified atom stereocenters. The highest BCUT2D eigenvalue weighted by Crippen LogP contribution is 2.27. The van der Waals surface area contributed by atoms with Crippen LogP contribution in [0, 0.1) is 6.92 Å². The van der Waals surface area contributed by atoms with Gasteiger partial charge in [-0.25, -0.2) is 13.4 Å². The molecule has 32 heavy (non-hydrogen) atoms. The maximum atomic E-state index is 12.8. The Balaban J connectivity index is 1.46. The number of carbonyl (C=O) groups excluding carboxylic acids is 1. The average Bonchev–Trinajstić information content (AvgIpc) is 3.21. The molecule has 1 aromatic heterocycles. The lowest BCUT2D eigenvalue weighted by Gasteiger charge is -2.26. The predicted octanol–water partition coefficient (Wildman–Crippen LogP) is 3.21. The van der Waals surface area contributed by atoms with Gasteiger partial charge < -0.3 is 10.1 Å². The lowest BCUT2D eigenvalue weighted by atomic mass is 10.1. The number of aromatic nitrogens is 1. The van der Waals surface area contributed by atoms with Crippen LogP contribution < -0.4 is 5.32 Å². The molecule has 4 rings (SSSR count). The smallest absolute Gasteiger partial charge is 0.263 e. The topological polar surface area (TPSA) is 88.6 Å². The Bertz CT molecular complexity index is 1190. The van der Waals surface area contributed by atoms with Crippen LogP contribution in [-0.2, 0) is 27.1 Å². The maximum absolute atomic E-state index is 12.8. The summed E-state index contributed by atoms with van der Waals surface area (Å²) in [6, 6.07) is 17.0. The van der Waals surface area contributed by atoms with E-state index in [1.165, 1.54) is 15.6 Å². The highest BCUT2D eigenvalue weighted by Gasteiger charge is 2.25. The Hall–Kier alpha value is -2.59. The minimum Gasteiger partial charge on any atom is -0.379 e. The van der Waals surface area contributed by atoms with E-state index < -0.39 is 10.0 Å². The Morgan fingerprint density at radius 3 is 2.44 bits per heavy atom. The van der Waals surface area contributed by atoms with E-state index >= 15 is 0 Å². The van der Waals surface area contributed by atoms with Gasteiger partial charge in [0, 0.05) is 25.2 Å². The van der Waals surface area contributed by atoms with Gasteiger partial charge in [-0.3, -0.25) is 4.79 Å². The molecule has 2 aromatic carbocycles. The van der Waals surface area contributed by atoms with Crippen molar-refractivity contribution in [1.29, 1.82) is 0 Å². The largest absolute Gasteiger partial charge is 0.379 e. The quantitative estimate of drug-likeness (QED) is 0.572. The second-order valence-electron chi connectivity index (χ2n) is 7.52. The summed E-state index contributed by atoms with van der Waals surface area (Å²) in [7, 11) is -3.45. The van der Waals surface area contributed by atoms with E-state index in [0.29, 0.717) is 42.4 Å². The molecule has 1 aliphatic rings. The van der Waals surface area contributed by atoms with Crippen molar-refractivity contribution in [3.8, 4) is 10.6 Å². The molecule has 0 aliphatic carbocycles. The van der Waals surface area contributed by atoms with Gasteiger partial charge in [0.05, 0.1) is 24.7 Å². The van der Waals surface area contributed by atoms with Gasteiger partial charge in [0.1, 0.15) is 9.88 Å². The van der Waals surface area contributed by atoms with Crippen molar-refractivity contribution >= 4 is 27.3 Å². The van der Waals surface area contributed by atoms with E-state index in [1.54, 1.807) is 6.07 Å². The molecule has 0 spiro atoms. The lowest BCUT2D eigenvalue weighted by Crippen LogP contribution is -2.41. The standard InChI is InChI=1S/C23H25N3O4S2/c1-17-21(31-23(25-17)18-7-3-2-4-8-18)22(27)24-15-19-9-5-6-10-20(19)16-32(28,29)26-11-13-30-14-12-26/h2-10H,11-16H2,1H3,(H,24,27). The summed E-state index contributed by atoms with van der Waals surface area (Å²) < 4.78 is 32.4. The highest BCUT2D eigenvalue weighted by molar-refractivity contribution is 7.88. The van der Waals surface area contributed by atoms with Crippen LogP contribution in [0.1, 0.15) is 26.5 Å². The monoisotopic (exact) mass is 471 g/mol. The van der Waals surface area contributed by atoms with E-state index in [-0.39, 0.29) is 18.2 Å². The number of benzene rings is 2. The second kappa shape index (κ2) is 9.91. The fourth-order valence-corrected chi connectivity index (χ4v) is 6.10. The van der Waals surface area contributed by atoms with Crippen LogP contribution in [0.3, 0.4) is 0 Å². The van der Waals surface area contributed by atoms with Gasteiger partial charge in [-0.05, 0) is 18.1 Å². The van der Waals surface area contributed by atoms with Crippen molar-refractivity contribution in [2.45, 2.75) is 19.2 Å². The summed E-state index contributed by atoms with van der Waals surface area (Å²) >= 11 is 1.35. The van der Waals surface area contributed by atoms with E-state index in [1.807, 2.05) is 55.5 Å². The van der Waals surface area contributed by atoms with Gasteiger partial charge in [-0.15, -0.1) is 11.3 Å². The van der Waals surface area contributed by atoms with E-state index in [4.69, 9.17) is 4.74 Å². The Labute approximate surface area is 192 Å². The third kappa shape index (κ3) is 5.24. The number of morpholine rings is 1. The summed E-state index contributed by atoms with van der Waals surface area (Å²) in [5.74, 6) is -0.315. The number of sulfonamides is 1. The van der Waals surface area contributed by atoms with Gasteiger partial charge in [0.15, 0.2) is 0 Å². The summed E-state index contributed by atoms with van der Waals surface area (Å²) in [6.07, 6.45) is 0. The zero-order chi connectivity index (χ0) is 22.6. The van der Waals surface area contributed by atoms with Crippen molar-refractivity contribution in [3.05, 3.63) is 76.3 Å². The molecule has 168 valence electrons. The first-order valence-electron chi connectivity index (χ1n) is 10.4. The first-order chi connectivity index (χ1) is 15.4. The predicted molar refractivity (Wildman–Crippen MR) is 125 cm³/mol. The summed E-state index contributed by atoms with van der Waals surface area (Å²) in [5, 5.41) is 3.73. The van der Waals surface area contributed by atoms with E-state index in [0.717, 1.165) is 16.1 Å². The van der Waals surface area contributed by atoms with Crippen LogP contribution in [-0.4, -0.2) is 49.9 Å². The summed E-state index contributed by atoms with van der Waals surface area (Å²) in [5.41, 5.74) is 3.11. The fraction of sp³-hybridized carbons (Fsp3) is 0.304.